The van der Waals surface area contributed by atoms with Gasteiger partial charge in [0.2, 0.25) is 5.91 Å². The third kappa shape index (κ3) is 10.3. The number of para-hydroxylation sites is 1. The van der Waals surface area contributed by atoms with Crippen LogP contribution in [0.3, 0.4) is 0 Å². The van der Waals surface area contributed by atoms with Gasteiger partial charge in [-0.25, -0.2) is 10.3 Å². The number of hydroxylamine groups is 1. The second kappa shape index (κ2) is 17.8. The molecule has 0 fully saturated rings. The third-order valence-corrected chi connectivity index (χ3v) is 7.99. The molecule has 5 aromatic carbocycles. The average Bonchev–Trinajstić information content (AvgIpc) is 3.15. The minimum atomic E-state index is -0.748. The van der Waals surface area contributed by atoms with Gasteiger partial charge in [-0.2, -0.15) is 0 Å². The molecule has 0 saturated heterocycles. The molecule has 0 aromatic heterocycles. The van der Waals surface area contributed by atoms with E-state index < -0.39 is 30.4 Å². The molecule has 3 N–H and O–H groups in total. The molecule has 49 heavy (non-hydrogen) atoms. The highest BCUT2D eigenvalue weighted by atomic mass is 16.5. The molecule has 9 nitrogen and oxygen atoms in total. The van der Waals surface area contributed by atoms with Crippen molar-refractivity contribution in [3.8, 4) is 11.5 Å². The summed E-state index contributed by atoms with van der Waals surface area (Å²) in [5.74, 6) is 0.110. The molecule has 0 radical (unpaired) electrons. The summed E-state index contributed by atoms with van der Waals surface area (Å²) >= 11 is 0. The number of hydrogen-bond acceptors (Lipinski definition) is 5. The van der Waals surface area contributed by atoms with Gasteiger partial charge in [-0.05, 0) is 72.4 Å². The second-order valence-corrected chi connectivity index (χ2v) is 11.5. The van der Waals surface area contributed by atoms with E-state index in [1.54, 1.807) is 29.7 Å². The maximum absolute atomic E-state index is 14.2. The van der Waals surface area contributed by atoms with Crippen LogP contribution in [0.1, 0.15) is 35.6 Å². The van der Waals surface area contributed by atoms with E-state index in [1.165, 1.54) is 15.4 Å². The molecule has 0 bridgehead atoms. The van der Waals surface area contributed by atoms with Crippen LogP contribution in [-0.2, 0) is 16.0 Å². The number of nitrogens with one attached hydrogen (secondary N) is 2. The monoisotopic (exact) mass is 656 g/mol. The number of ether oxygens (including phenoxy) is 1. The molecule has 250 valence electrons. The van der Waals surface area contributed by atoms with Crippen LogP contribution in [0.25, 0.3) is 0 Å². The molecular formula is C40H40N4O5. The van der Waals surface area contributed by atoms with Crippen LogP contribution in [0.2, 0.25) is 0 Å². The Hall–Kier alpha value is -5.93. The summed E-state index contributed by atoms with van der Waals surface area (Å²) in [6.07, 6.45) is 2.29. The number of hydrogen-bond donors (Lipinski definition) is 3. The van der Waals surface area contributed by atoms with Crippen LogP contribution in [0.4, 0.5) is 10.5 Å². The molecular weight excluding hydrogens is 616 g/mol. The molecule has 4 amide bonds. The highest BCUT2D eigenvalue weighted by Gasteiger charge is 2.31. The fourth-order valence-corrected chi connectivity index (χ4v) is 5.55. The molecule has 0 aliphatic carbocycles. The fraction of sp³-hybridized carbons (Fsp3) is 0.175. The Morgan fingerprint density at radius 2 is 1.16 bits per heavy atom. The summed E-state index contributed by atoms with van der Waals surface area (Å²) in [6.45, 7) is -0.404. The minimum absolute atomic E-state index is 0.290. The van der Waals surface area contributed by atoms with Crippen LogP contribution in [0, 0.1) is 0 Å². The van der Waals surface area contributed by atoms with Gasteiger partial charge in [-0.3, -0.25) is 14.8 Å². The predicted molar refractivity (Wildman–Crippen MR) is 189 cm³/mol. The molecule has 0 unspecified atom stereocenters. The number of amides is 4. The average molecular weight is 657 g/mol. The zero-order valence-electron chi connectivity index (χ0n) is 27.2. The Morgan fingerprint density at radius 3 is 1.73 bits per heavy atom. The molecule has 5 aromatic rings. The Bertz CT molecular complexity index is 1720. The molecule has 9 heteroatoms. The largest absolute Gasteiger partial charge is 0.457 e. The lowest BCUT2D eigenvalue weighted by atomic mass is 9.96. The number of carbonyl (C=O) groups excluding carboxylic acids is 3. The normalized spacial score (nSPS) is 10.7. The maximum Gasteiger partial charge on any atom is 0.322 e. The number of carbonyl (C=O) groups is 3. The van der Waals surface area contributed by atoms with E-state index in [9.17, 15) is 19.6 Å². The van der Waals surface area contributed by atoms with Crippen molar-refractivity contribution in [2.45, 2.75) is 25.3 Å². The third-order valence-electron chi connectivity index (χ3n) is 7.99. The molecule has 0 spiro atoms. The first kappa shape index (κ1) is 34.4. The summed E-state index contributed by atoms with van der Waals surface area (Å²) < 4.78 is 5.88. The van der Waals surface area contributed by atoms with Gasteiger partial charge in [-0.15, -0.1) is 0 Å². The standard InChI is InChI=1S/C40H40N4O5/c45-37(42-48)29-44(39(32-18-7-2-8-19-32)33-20-9-3-10-21-33)38(46)30-43(28-14-13-17-31-15-5-1-6-16-31)40(47)41-34-24-26-36(27-25-34)49-35-22-11-4-12-23-35/h1-12,15-16,18-27,39,48H,13-14,17,28-30H2,(H,41,47)(H,42,45). The van der Waals surface area contributed by atoms with E-state index in [-0.39, 0.29) is 6.54 Å². The number of nitrogens with zero attached hydrogens (tertiary/aromatic N) is 2. The first-order chi connectivity index (χ1) is 24.0. The lowest BCUT2D eigenvalue weighted by molar-refractivity contribution is -0.141. The zero-order chi connectivity index (χ0) is 34.3. The molecule has 0 heterocycles. The Labute approximate surface area is 286 Å². The first-order valence-corrected chi connectivity index (χ1v) is 16.3. The van der Waals surface area contributed by atoms with Crippen molar-refractivity contribution in [1.29, 1.82) is 0 Å². The van der Waals surface area contributed by atoms with Gasteiger partial charge in [0.05, 0.1) is 6.04 Å². The maximum atomic E-state index is 14.2. The number of anilines is 1. The summed E-state index contributed by atoms with van der Waals surface area (Å²) in [7, 11) is 0. The van der Waals surface area contributed by atoms with Gasteiger partial charge in [-0.1, -0.05) is 109 Å². The number of aryl methyl sites for hydroxylation is 1. The van der Waals surface area contributed by atoms with Crippen molar-refractivity contribution in [2.75, 3.05) is 25.0 Å². The predicted octanol–water partition coefficient (Wildman–Crippen LogP) is 7.46. The highest BCUT2D eigenvalue weighted by Crippen LogP contribution is 2.29. The zero-order valence-corrected chi connectivity index (χ0v) is 27.2. The SMILES string of the molecule is O=C(CN(C(=O)CN(CCCCc1ccccc1)C(=O)Nc1ccc(Oc2ccccc2)cc1)C(c1ccccc1)c1ccccc1)NO. The Balaban J connectivity index is 1.36. The van der Waals surface area contributed by atoms with E-state index in [4.69, 9.17) is 4.74 Å². The minimum Gasteiger partial charge on any atom is -0.457 e. The van der Waals surface area contributed by atoms with Crippen LogP contribution >= 0.6 is 0 Å². The molecule has 0 atom stereocenters. The smallest absolute Gasteiger partial charge is 0.322 e. The lowest BCUT2D eigenvalue weighted by Gasteiger charge is -2.34. The van der Waals surface area contributed by atoms with Gasteiger partial charge in [0, 0.05) is 12.2 Å². The van der Waals surface area contributed by atoms with E-state index in [1.807, 2.05) is 109 Å². The Morgan fingerprint density at radius 1 is 0.633 bits per heavy atom. The summed E-state index contributed by atoms with van der Waals surface area (Å²) in [5.41, 5.74) is 4.96. The van der Waals surface area contributed by atoms with E-state index in [0.717, 1.165) is 24.0 Å². The van der Waals surface area contributed by atoms with Crippen LogP contribution in [-0.4, -0.2) is 52.5 Å². The van der Waals surface area contributed by atoms with E-state index in [2.05, 4.69) is 17.4 Å². The van der Waals surface area contributed by atoms with Gasteiger partial charge >= 0.3 is 6.03 Å². The molecule has 5 rings (SSSR count). The Kier molecular flexibility index (Phi) is 12.5. The van der Waals surface area contributed by atoms with Gasteiger partial charge < -0.3 is 19.9 Å². The molecule has 0 saturated carbocycles. The first-order valence-electron chi connectivity index (χ1n) is 16.3. The highest BCUT2D eigenvalue weighted by molar-refractivity contribution is 5.93. The van der Waals surface area contributed by atoms with Crippen molar-refractivity contribution in [3.05, 3.63) is 162 Å². The van der Waals surface area contributed by atoms with Crippen molar-refractivity contribution < 1.29 is 24.3 Å². The van der Waals surface area contributed by atoms with Crippen molar-refractivity contribution in [1.82, 2.24) is 15.3 Å². The van der Waals surface area contributed by atoms with Crippen LogP contribution in [0.5, 0.6) is 11.5 Å². The van der Waals surface area contributed by atoms with Crippen molar-refractivity contribution >= 4 is 23.5 Å². The van der Waals surface area contributed by atoms with Crippen molar-refractivity contribution in [2.24, 2.45) is 0 Å². The molecule has 0 aliphatic heterocycles. The fourth-order valence-electron chi connectivity index (χ4n) is 5.55. The van der Waals surface area contributed by atoms with Gasteiger partial charge in [0.25, 0.3) is 5.91 Å². The number of urea groups is 1. The molecule has 0 aliphatic rings. The number of rotatable bonds is 15. The van der Waals surface area contributed by atoms with Crippen LogP contribution in [0.15, 0.2) is 146 Å². The van der Waals surface area contributed by atoms with E-state index in [0.29, 0.717) is 30.2 Å². The number of benzene rings is 5. The van der Waals surface area contributed by atoms with E-state index >= 15 is 0 Å². The summed E-state index contributed by atoms with van der Waals surface area (Å²) in [6, 6.07) is 44.1. The van der Waals surface area contributed by atoms with Gasteiger partial charge in [0.15, 0.2) is 0 Å². The van der Waals surface area contributed by atoms with Crippen molar-refractivity contribution in [3.63, 3.8) is 0 Å². The topological polar surface area (TPSA) is 111 Å². The second-order valence-electron chi connectivity index (χ2n) is 11.5. The van der Waals surface area contributed by atoms with Crippen LogP contribution < -0.4 is 15.5 Å². The lowest BCUT2D eigenvalue weighted by Crippen LogP contribution is -2.49. The quantitative estimate of drug-likeness (QED) is 0.0616. The summed E-state index contributed by atoms with van der Waals surface area (Å²) in [4.78, 5) is 43.5. The van der Waals surface area contributed by atoms with Gasteiger partial charge in [0.1, 0.15) is 24.6 Å². The number of unbranched alkanes of at least 4 members (excludes halogenated alkanes) is 1. The summed E-state index contributed by atoms with van der Waals surface area (Å²) in [5, 5.41) is 12.4.